The van der Waals surface area contributed by atoms with Gasteiger partial charge in [-0.3, -0.25) is 4.79 Å². The van der Waals surface area contributed by atoms with E-state index in [1.165, 1.54) is 21.3 Å². The van der Waals surface area contributed by atoms with E-state index in [9.17, 15) is 9.90 Å². The Morgan fingerprint density at radius 2 is 1.58 bits per heavy atom. The largest absolute Gasteiger partial charge is 0.508 e. The lowest BCUT2D eigenvalue weighted by Crippen LogP contribution is -2.14. The van der Waals surface area contributed by atoms with E-state index in [1.54, 1.807) is 24.3 Å². The number of aromatic hydroxyl groups is 1. The first-order valence-electron chi connectivity index (χ1n) is 8.27. The number of methoxy groups -OCH3 is 3. The number of benzene rings is 2. The molecule has 0 fully saturated rings. The lowest BCUT2D eigenvalue weighted by molar-refractivity contribution is 0.102. The van der Waals surface area contributed by atoms with Gasteiger partial charge in [0.25, 0.3) is 5.91 Å². The number of amides is 1. The van der Waals surface area contributed by atoms with Gasteiger partial charge >= 0.3 is 0 Å². The molecule has 0 aliphatic carbocycles. The van der Waals surface area contributed by atoms with E-state index in [2.05, 4.69) is 5.32 Å². The fraction of sp³-hybridized carbons (Fsp3) is 0.350. The number of carbonyl (C=O) groups excluding carboxylic acids is 1. The Morgan fingerprint density at radius 1 is 1.00 bits per heavy atom. The number of carbonyl (C=O) groups is 1. The van der Waals surface area contributed by atoms with Crippen molar-refractivity contribution >= 4 is 11.6 Å². The molecule has 2 N–H and O–H groups in total. The van der Waals surface area contributed by atoms with Crippen molar-refractivity contribution < 1.29 is 24.1 Å². The molecule has 2 aromatic rings. The van der Waals surface area contributed by atoms with Crippen LogP contribution in [0, 0.1) is 6.92 Å². The number of phenolic OH excluding ortho intramolecular Hbond substituents is 1. The maximum Gasteiger partial charge on any atom is 0.255 e. The van der Waals surface area contributed by atoms with Crippen molar-refractivity contribution in [2.75, 3.05) is 26.6 Å². The highest BCUT2D eigenvalue weighted by atomic mass is 16.5. The first-order valence-corrected chi connectivity index (χ1v) is 8.27. The van der Waals surface area contributed by atoms with Gasteiger partial charge in [0.05, 0.1) is 21.3 Å². The minimum atomic E-state index is -0.312. The molecule has 0 radical (unpaired) electrons. The quantitative estimate of drug-likeness (QED) is 0.759. The summed E-state index contributed by atoms with van der Waals surface area (Å²) >= 11 is 0. The maximum atomic E-state index is 12.7. The molecule has 0 aromatic heterocycles. The summed E-state index contributed by atoms with van der Waals surface area (Å²) in [6, 6.07) is 6.64. The normalized spacial score (nSPS) is 10.6. The number of ether oxygens (including phenoxy) is 3. The molecule has 140 valence electrons. The summed E-state index contributed by atoms with van der Waals surface area (Å²) < 4.78 is 15.9. The van der Waals surface area contributed by atoms with Crippen LogP contribution in [0.1, 0.15) is 41.3 Å². The van der Waals surface area contributed by atoms with Crippen LogP contribution in [0.15, 0.2) is 24.3 Å². The first kappa shape index (κ1) is 19.4. The zero-order valence-corrected chi connectivity index (χ0v) is 16.0. The fourth-order valence-electron chi connectivity index (χ4n) is 2.71. The van der Waals surface area contributed by atoms with E-state index in [1.807, 2.05) is 20.8 Å². The molecule has 0 aliphatic rings. The van der Waals surface area contributed by atoms with Crippen molar-refractivity contribution in [2.24, 2.45) is 0 Å². The first-order chi connectivity index (χ1) is 12.3. The van der Waals surface area contributed by atoms with Gasteiger partial charge in [-0.05, 0) is 48.2 Å². The molecule has 0 heterocycles. The molecule has 2 aromatic carbocycles. The number of phenols is 1. The maximum absolute atomic E-state index is 12.7. The second-order valence-corrected chi connectivity index (χ2v) is 6.25. The molecular weight excluding hydrogens is 334 g/mol. The SMILES string of the molecule is COc1cc(C(=O)Nc2cc(C(C)C)c(O)cc2C)cc(OC)c1OC. The monoisotopic (exact) mass is 359 g/mol. The predicted molar refractivity (Wildman–Crippen MR) is 101 cm³/mol. The topological polar surface area (TPSA) is 77.0 Å². The van der Waals surface area contributed by atoms with E-state index < -0.39 is 0 Å². The number of hydrogen-bond acceptors (Lipinski definition) is 5. The van der Waals surface area contributed by atoms with Crippen LogP contribution in [0.2, 0.25) is 0 Å². The summed E-state index contributed by atoms with van der Waals surface area (Å²) in [4.78, 5) is 12.7. The van der Waals surface area contributed by atoms with Crippen molar-refractivity contribution in [3.63, 3.8) is 0 Å². The lowest BCUT2D eigenvalue weighted by Gasteiger charge is -2.16. The molecule has 6 nitrogen and oxygen atoms in total. The molecule has 2 rings (SSSR count). The van der Waals surface area contributed by atoms with Crippen molar-refractivity contribution in [1.82, 2.24) is 0 Å². The van der Waals surface area contributed by atoms with E-state index in [4.69, 9.17) is 14.2 Å². The second kappa shape index (κ2) is 7.99. The third kappa shape index (κ3) is 3.85. The van der Waals surface area contributed by atoms with E-state index in [-0.39, 0.29) is 17.6 Å². The van der Waals surface area contributed by atoms with Crippen LogP contribution in [0.5, 0.6) is 23.0 Å². The van der Waals surface area contributed by atoms with Crippen LogP contribution in [-0.2, 0) is 0 Å². The highest BCUT2D eigenvalue weighted by Crippen LogP contribution is 2.38. The van der Waals surface area contributed by atoms with Crippen molar-refractivity contribution in [3.05, 3.63) is 41.0 Å². The fourth-order valence-corrected chi connectivity index (χ4v) is 2.71. The Bertz CT molecular complexity index is 789. The molecule has 0 atom stereocenters. The average Bonchev–Trinajstić information content (AvgIpc) is 2.61. The molecule has 6 heteroatoms. The Morgan fingerprint density at radius 3 is 2.04 bits per heavy atom. The Hall–Kier alpha value is -2.89. The van der Waals surface area contributed by atoms with Gasteiger partial charge in [-0.1, -0.05) is 13.8 Å². The third-order valence-corrected chi connectivity index (χ3v) is 4.17. The molecule has 0 unspecified atom stereocenters. The van der Waals surface area contributed by atoms with Crippen LogP contribution in [-0.4, -0.2) is 32.3 Å². The zero-order valence-electron chi connectivity index (χ0n) is 16.0. The predicted octanol–water partition coefficient (Wildman–Crippen LogP) is 4.10. The van der Waals surface area contributed by atoms with Crippen LogP contribution in [0.4, 0.5) is 5.69 Å². The van der Waals surface area contributed by atoms with Gasteiger partial charge in [0.2, 0.25) is 5.75 Å². The minimum Gasteiger partial charge on any atom is -0.508 e. The van der Waals surface area contributed by atoms with E-state index in [0.717, 1.165) is 11.1 Å². The number of aryl methyl sites for hydroxylation is 1. The summed E-state index contributed by atoms with van der Waals surface area (Å²) in [5.41, 5.74) is 2.56. The summed E-state index contributed by atoms with van der Waals surface area (Å²) in [5, 5.41) is 13.0. The Balaban J connectivity index is 2.40. The molecule has 26 heavy (non-hydrogen) atoms. The van der Waals surface area contributed by atoms with Crippen LogP contribution in [0.25, 0.3) is 0 Å². The second-order valence-electron chi connectivity index (χ2n) is 6.25. The third-order valence-electron chi connectivity index (χ3n) is 4.17. The van der Waals surface area contributed by atoms with Crippen molar-refractivity contribution in [2.45, 2.75) is 26.7 Å². The number of rotatable bonds is 6. The van der Waals surface area contributed by atoms with E-state index >= 15 is 0 Å². The van der Waals surface area contributed by atoms with Gasteiger partial charge in [-0.2, -0.15) is 0 Å². The molecule has 0 aliphatic heterocycles. The summed E-state index contributed by atoms with van der Waals surface area (Å²) in [6.07, 6.45) is 0. The Kier molecular flexibility index (Phi) is 5.97. The summed E-state index contributed by atoms with van der Waals surface area (Å²) in [7, 11) is 4.50. The summed E-state index contributed by atoms with van der Waals surface area (Å²) in [6.45, 7) is 5.79. The number of hydrogen-bond donors (Lipinski definition) is 2. The van der Waals surface area contributed by atoms with Crippen molar-refractivity contribution in [1.29, 1.82) is 0 Å². The van der Waals surface area contributed by atoms with Crippen LogP contribution in [0.3, 0.4) is 0 Å². The van der Waals surface area contributed by atoms with Gasteiger partial charge in [0.15, 0.2) is 11.5 Å². The molecule has 0 spiro atoms. The van der Waals surface area contributed by atoms with Gasteiger partial charge in [0, 0.05) is 11.3 Å². The van der Waals surface area contributed by atoms with Crippen LogP contribution < -0.4 is 19.5 Å². The molecule has 1 amide bonds. The van der Waals surface area contributed by atoms with Crippen molar-refractivity contribution in [3.8, 4) is 23.0 Å². The minimum absolute atomic E-state index is 0.132. The smallest absolute Gasteiger partial charge is 0.255 e. The van der Waals surface area contributed by atoms with Gasteiger partial charge in [-0.25, -0.2) is 0 Å². The number of anilines is 1. The standard InChI is InChI=1S/C20H25NO5/c1-11(2)14-10-15(12(3)7-16(14)22)21-20(23)13-8-17(24-4)19(26-6)18(9-13)25-5/h7-11,22H,1-6H3,(H,21,23). The van der Waals surface area contributed by atoms with E-state index in [0.29, 0.717) is 28.5 Å². The van der Waals surface area contributed by atoms with Gasteiger partial charge in [0.1, 0.15) is 5.75 Å². The lowest BCUT2D eigenvalue weighted by atomic mass is 9.99. The average molecular weight is 359 g/mol. The summed E-state index contributed by atoms with van der Waals surface area (Å²) in [5.74, 6) is 1.28. The highest BCUT2D eigenvalue weighted by Gasteiger charge is 2.18. The van der Waals surface area contributed by atoms with Gasteiger partial charge in [-0.15, -0.1) is 0 Å². The molecular formula is C20H25NO5. The zero-order chi connectivity index (χ0) is 19.4. The Labute approximate surface area is 153 Å². The van der Waals surface area contributed by atoms with Gasteiger partial charge < -0.3 is 24.6 Å². The molecule has 0 saturated heterocycles. The highest BCUT2D eigenvalue weighted by molar-refractivity contribution is 6.05. The number of nitrogens with one attached hydrogen (secondary N) is 1. The van der Waals surface area contributed by atoms with Crippen LogP contribution >= 0.6 is 0 Å². The molecule has 0 bridgehead atoms. The molecule has 0 saturated carbocycles.